The molecule has 0 aliphatic heterocycles. The summed E-state index contributed by atoms with van der Waals surface area (Å²) in [5.74, 6) is 3.09. The Hall–Kier alpha value is -0.960. The lowest BCUT2D eigenvalue weighted by molar-refractivity contribution is 0.255. The number of hydrogen-bond donors (Lipinski definition) is 0. The van der Waals surface area contributed by atoms with Crippen molar-refractivity contribution in [2.75, 3.05) is 0 Å². The van der Waals surface area contributed by atoms with Gasteiger partial charge in [0.2, 0.25) is 0 Å². The smallest absolute Gasteiger partial charge is 0.00347 e. The minimum Gasteiger partial charge on any atom is -0.115 e. The standard InChI is InChI=1S/C13H18/c1-5-6-9-12-11(2)8-7-10-13(12,3)4/h1,6,8-9,12H,7,10H2,2-4H3/b9-6+. The van der Waals surface area contributed by atoms with Crippen molar-refractivity contribution in [3.05, 3.63) is 23.8 Å². The van der Waals surface area contributed by atoms with Gasteiger partial charge in [-0.3, -0.25) is 0 Å². The summed E-state index contributed by atoms with van der Waals surface area (Å²) in [6, 6.07) is 0. The molecule has 0 saturated heterocycles. The fourth-order valence-electron chi connectivity index (χ4n) is 2.13. The van der Waals surface area contributed by atoms with Crippen LogP contribution in [0, 0.1) is 23.7 Å². The molecule has 1 aliphatic carbocycles. The first kappa shape index (κ1) is 10.1. The molecule has 0 spiro atoms. The predicted molar refractivity (Wildman–Crippen MR) is 58.2 cm³/mol. The Morgan fingerprint density at radius 3 is 2.85 bits per heavy atom. The van der Waals surface area contributed by atoms with Crippen molar-refractivity contribution < 1.29 is 0 Å². The van der Waals surface area contributed by atoms with Crippen molar-refractivity contribution in [3.8, 4) is 12.3 Å². The Labute approximate surface area is 81.7 Å². The SMILES string of the molecule is C#C/C=C/C1C(C)=CCCC1(C)C. The molecular weight excluding hydrogens is 156 g/mol. The van der Waals surface area contributed by atoms with Gasteiger partial charge in [-0.25, -0.2) is 0 Å². The highest BCUT2D eigenvalue weighted by Crippen LogP contribution is 2.41. The highest BCUT2D eigenvalue weighted by molar-refractivity contribution is 5.22. The van der Waals surface area contributed by atoms with E-state index < -0.39 is 0 Å². The Morgan fingerprint density at radius 2 is 2.31 bits per heavy atom. The van der Waals surface area contributed by atoms with Gasteiger partial charge in [0.15, 0.2) is 0 Å². The molecule has 1 atom stereocenters. The van der Waals surface area contributed by atoms with Crippen molar-refractivity contribution in [1.29, 1.82) is 0 Å². The van der Waals surface area contributed by atoms with Gasteiger partial charge in [0, 0.05) is 5.92 Å². The van der Waals surface area contributed by atoms with Gasteiger partial charge in [-0.05, 0) is 31.3 Å². The van der Waals surface area contributed by atoms with E-state index in [1.807, 2.05) is 6.08 Å². The molecule has 0 saturated carbocycles. The second kappa shape index (κ2) is 3.83. The van der Waals surface area contributed by atoms with Gasteiger partial charge >= 0.3 is 0 Å². The van der Waals surface area contributed by atoms with Crippen molar-refractivity contribution >= 4 is 0 Å². The third kappa shape index (κ3) is 2.25. The molecule has 0 amide bonds. The summed E-state index contributed by atoms with van der Waals surface area (Å²) in [6.07, 6.45) is 14.0. The van der Waals surface area contributed by atoms with E-state index in [0.717, 1.165) is 0 Å². The minimum absolute atomic E-state index is 0.367. The molecule has 0 heterocycles. The molecule has 0 radical (unpaired) electrons. The molecule has 70 valence electrons. The molecule has 13 heavy (non-hydrogen) atoms. The van der Waals surface area contributed by atoms with Crippen molar-refractivity contribution in [3.63, 3.8) is 0 Å². The zero-order chi connectivity index (χ0) is 9.90. The maximum Gasteiger partial charge on any atom is 0.00347 e. The Balaban J connectivity index is 2.89. The average molecular weight is 174 g/mol. The summed E-state index contributed by atoms with van der Waals surface area (Å²) in [7, 11) is 0. The van der Waals surface area contributed by atoms with E-state index in [4.69, 9.17) is 6.42 Å². The van der Waals surface area contributed by atoms with E-state index in [1.54, 1.807) is 0 Å². The van der Waals surface area contributed by atoms with Gasteiger partial charge < -0.3 is 0 Å². The zero-order valence-electron chi connectivity index (χ0n) is 8.80. The second-order valence-corrected chi connectivity index (χ2v) is 4.48. The van der Waals surface area contributed by atoms with Crippen molar-refractivity contribution in [2.45, 2.75) is 33.6 Å². The van der Waals surface area contributed by atoms with E-state index >= 15 is 0 Å². The molecular formula is C13H18. The highest BCUT2D eigenvalue weighted by Gasteiger charge is 2.30. The second-order valence-electron chi connectivity index (χ2n) is 4.48. The normalized spacial score (nSPS) is 26.9. The molecule has 1 aliphatic rings. The lowest BCUT2D eigenvalue weighted by Crippen LogP contribution is -2.26. The van der Waals surface area contributed by atoms with Crippen molar-refractivity contribution in [1.82, 2.24) is 0 Å². The van der Waals surface area contributed by atoms with Gasteiger partial charge in [-0.1, -0.05) is 37.5 Å². The largest absolute Gasteiger partial charge is 0.115 e. The van der Waals surface area contributed by atoms with Crippen LogP contribution in [0.15, 0.2) is 23.8 Å². The number of rotatable bonds is 1. The first-order valence-corrected chi connectivity index (χ1v) is 4.87. The average Bonchev–Trinajstić information content (AvgIpc) is 2.02. The molecule has 0 fully saturated rings. The van der Waals surface area contributed by atoms with Crippen LogP contribution in [-0.2, 0) is 0 Å². The van der Waals surface area contributed by atoms with Crippen LogP contribution in [0.5, 0.6) is 0 Å². The maximum atomic E-state index is 5.22. The molecule has 0 N–H and O–H groups in total. The Bertz CT molecular complexity index is 271. The molecule has 0 aromatic rings. The summed E-state index contributed by atoms with van der Waals surface area (Å²) in [6.45, 7) is 6.83. The van der Waals surface area contributed by atoms with Crippen LogP contribution in [0.3, 0.4) is 0 Å². The van der Waals surface area contributed by atoms with E-state index in [0.29, 0.717) is 11.3 Å². The van der Waals surface area contributed by atoms with E-state index in [-0.39, 0.29) is 0 Å². The monoisotopic (exact) mass is 174 g/mol. The van der Waals surface area contributed by atoms with Gasteiger partial charge in [-0.15, -0.1) is 6.42 Å². The van der Waals surface area contributed by atoms with Crippen LogP contribution in [0.25, 0.3) is 0 Å². The van der Waals surface area contributed by atoms with Crippen molar-refractivity contribution in [2.24, 2.45) is 11.3 Å². The van der Waals surface area contributed by atoms with Crippen LogP contribution in [-0.4, -0.2) is 0 Å². The van der Waals surface area contributed by atoms with Gasteiger partial charge in [-0.2, -0.15) is 0 Å². The van der Waals surface area contributed by atoms with E-state index in [9.17, 15) is 0 Å². The van der Waals surface area contributed by atoms with Crippen LogP contribution in [0.4, 0.5) is 0 Å². The molecule has 0 heteroatoms. The fourth-order valence-corrected chi connectivity index (χ4v) is 2.13. The van der Waals surface area contributed by atoms with Gasteiger partial charge in [0.1, 0.15) is 0 Å². The molecule has 1 unspecified atom stereocenters. The summed E-state index contributed by atoms with van der Waals surface area (Å²) < 4.78 is 0. The van der Waals surface area contributed by atoms with Crippen LogP contribution in [0.1, 0.15) is 33.6 Å². The third-order valence-electron chi connectivity index (χ3n) is 2.97. The van der Waals surface area contributed by atoms with Crippen LogP contribution in [0.2, 0.25) is 0 Å². The third-order valence-corrected chi connectivity index (χ3v) is 2.97. The van der Waals surface area contributed by atoms with Gasteiger partial charge in [0.25, 0.3) is 0 Å². The minimum atomic E-state index is 0.367. The lowest BCUT2D eigenvalue weighted by Gasteiger charge is -2.36. The summed E-state index contributed by atoms with van der Waals surface area (Å²) >= 11 is 0. The number of hydrogen-bond acceptors (Lipinski definition) is 0. The fraction of sp³-hybridized carbons (Fsp3) is 0.538. The maximum absolute atomic E-state index is 5.22. The first-order chi connectivity index (χ1) is 6.08. The Morgan fingerprint density at radius 1 is 1.62 bits per heavy atom. The Kier molecular flexibility index (Phi) is 2.98. The predicted octanol–water partition coefficient (Wildman–Crippen LogP) is 3.56. The summed E-state index contributed by atoms with van der Waals surface area (Å²) in [5, 5.41) is 0. The number of allylic oxidation sites excluding steroid dienone is 4. The summed E-state index contributed by atoms with van der Waals surface area (Å²) in [5.41, 5.74) is 1.83. The van der Waals surface area contributed by atoms with Gasteiger partial charge in [0.05, 0.1) is 0 Å². The number of terminal acetylenes is 1. The molecule has 0 nitrogen and oxygen atoms in total. The highest BCUT2D eigenvalue weighted by atomic mass is 14.3. The van der Waals surface area contributed by atoms with E-state index in [1.165, 1.54) is 18.4 Å². The molecule has 1 rings (SSSR count). The zero-order valence-corrected chi connectivity index (χ0v) is 8.80. The first-order valence-electron chi connectivity index (χ1n) is 4.87. The topological polar surface area (TPSA) is 0 Å². The lowest BCUT2D eigenvalue weighted by atomic mass is 9.68. The molecule has 0 bridgehead atoms. The quantitative estimate of drug-likeness (QED) is 0.421. The molecule has 0 aromatic heterocycles. The van der Waals surface area contributed by atoms with Crippen LogP contribution < -0.4 is 0 Å². The van der Waals surface area contributed by atoms with Crippen LogP contribution >= 0.6 is 0 Å². The molecule has 0 aromatic carbocycles. The summed E-state index contributed by atoms with van der Waals surface area (Å²) in [4.78, 5) is 0. The van der Waals surface area contributed by atoms with E-state index in [2.05, 4.69) is 38.8 Å².